The van der Waals surface area contributed by atoms with Gasteiger partial charge in [0.15, 0.2) is 0 Å². The third kappa shape index (κ3) is 2.05. The van der Waals surface area contributed by atoms with Gasteiger partial charge < -0.3 is 10.6 Å². The van der Waals surface area contributed by atoms with Crippen LogP contribution < -0.4 is 10.6 Å². The molecule has 100 valence electrons. The molecule has 0 aliphatic carbocycles. The van der Waals surface area contributed by atoms with Crippen LogP contribution in [0.5, 0.6) is 0 Å². The molecule has 2 aromatic carbocycles. The maximum atomic E-state index is 13.5. The molecule has 1 aliphatic rings. The van der Waals surface area contributed by atoms with Gasteiger partial charge >= 0.3 is 0 Å². The molecule has 0 bridgehead atoms. The number of nitrogens with one attached hydrogen (secondary N) is 2. The molecule has 0 unspecified atom stereocenters. The second kappa shape index (κ2) is 4.81. The van der Waals surface area contributed by atoms with E-state index in [4.69, 9.17) is 0 Å². The molecule has 0 radical (unpaired) electrons. The monoisotopic (exact) mass is 268 g/mol. The third-order valence-electron chi connectivity index (χ3n) is 3.35. The van der Waals surface area contributed by atoms with Crippen molar-refractivity contribution in [1.82, 2.24) is 0 Å². The summed E-state index contributed by atoms with van der Waals surface area (Å²) < 4.78 is 13.5. The van der Waals surface area contributed by atoms with Gasteiger partial charge in [0.25, 0.3) is 5.91 Å². The summed E-state index contributed by atoms with van der Waals surface area (Å²) in [6.45, 7) is 1.69. The van der Waals surface area contributed by atoms with Crippen LogP contribution in [0.2, 0.25) is 0 Å². The number of amides is 1. The van der Waals surface area contributed by atoms with Crippen molar-refractivity contribution in [2.75, 3.05) is 10.6 Å². The number of carbonyl (C=O) groups excluding carboxylic acids is 1. The largest absolute Gasteiger partial charge is 0.361 e. The standard InChI is InChI=1S/C16H13FN2O/c1-10-13(17)6-4-8-14(10)18-9-12-11-5-2-3-7-15(11)19-16(12)20/h2-9,18H,1H3,(H,19,20). The van der Waals surface area contributed by atoms with E-state index in [-0.39, 0.29) is 11.7 Å². The Morgan fingerprint density at radius 1 is 1.15 bits per heavy atom. The van der Waals surface area contributed by atoms with Gasteiger partial charge in [0.05, 0.1) is 5.57 Å². The molecule has 1 amide bonds. The van der Waals surface area contributed by atoms with Gasteiger partial charge in [0.2, 0.25) is 0 Å². The Morgan fingerprint density at radius 3 is 2.80 bits per heavy atom. The van der Waals surface area contributed by atoms with Crippen molar-refractivity contribution >= 4 is 22.9 Å². The number of para-hydroxylation sites is 1. The highest BCUT2D eigenvalue weighted by atomic mass is 19.1. The fourth-order valence-corrected chi connectivity index (χ4v) is 2.20. The lowest BCUT2D eigenvalue weighted by Gasteiger charge is -2.06. The number of rotatable bonds is 2. The Hall–Kier alpha value is -2.62. The first-order valence-corrected chi connectivity index (χ1v) is 6.29. The minimum absolute atomic E-state index is 0.159. The van der Waals surface area contributed by atoms with Crippen molar-refractivity contribution < 1.29 is 9.18 Å². The first-order valence-electron chi connectivity index (χ1n) is 6.29. The van der Waals surface area contributed by atoms with Crippen molar-refractivity contribution in [3.63, 3.8) is 0 Å². The molecule has 0 aromatic heterocycles. The van der Waals surface area contributed by atoms with Crippen LogP contribution in [-0.4, -0.2) is 5.91 Å². The predicted molar refractivity (Wildman–Crippen MR) is 77.8 cm³/mol. The highest BCUT2D eigenvalue weighted by Crippen LogP contribution is 2.31. The second-order valence-electron chi connectivity index (χ2n) is 4.61. The molecule has 0 atom stereocenters. The zero-order valence-electron chi connectivity index (χ0n) is 10.9. The molecule has 0 fully saturated rings. The van der Waals surface area contributed by atoms with Crippen molar-refractivity contribution in [2.45, 2.75) is 6.92 Å². The smallest absolute Gasteiger partial charge is 0.257 e. The molecule has 2 N–H and O–H groups in total. The molecule has 3 rings (SSSR count). The average molecular weight is 268 g/mol. The summed E-state index contributed by atoms with van der Waals surface area (Å²) in [5.74, 6) is -0.433. The second-order valence-corrected chi connectivity index (χ2v) is 4.61. The normalized spacial score (nSPS) is 15.1. The Bertz CT molecular complexity index is 722. The summed E-state index contributed by atoms with van der Waals surface area (Å²) in [5, 5.41) is 5.79. The van der Waals surface area contributed by atoms with E-state index in [9.17, 15) is 9.18 Å². The summed E-state index contributed by atoms with van der Waals surface area (Å²) in [7, 11) is 0. The fraction of sp³-hybridized carbons (Fsp3) is 0.0625. The van der Waals surface area contributed by atoms with E-state index in [0.29, 0.717) is 16.8 Å². The van der Waals surface area contributed by atoms with Crippen molar-refractivity contribution in [3.05, 3.63) is 65.6 Å². The Morgan fingerprint density at radius 2 is 1.95 bits per heavy atom. The van der Waals surface area contributed by atoms with E-state index in [1.54, 1.807) is 25.3 Å². The maximum Gasteiger partial charge on any atom is 0.257 e. The van der Waals surface area contributed by atoms with Gasteiger partial charge in [-0.05, 0) is 25.1 Å². The maximum absolute atomic E-state index is 13.5. The predicted octanol–water partition coefficient (Wildman–Crippen LogP) is 3.54. The molecular weight excluding hydrogens is 255 g/mol. The number of halogens is 1. The molecule has 0 spiro atoms. The Labute approximate surface area is 116 Å². The highest BCUT2D eigenvalue weighted by molar-refractivity contribution is 6.31. The number of hydrogen-bond acceptors (Lipinski definition) is 2. The lowest BCUT2D eigenvalue weighted by atomic mass is 10.1. The van der Waals surface area contributed by atoms with Crippen LogP contribution in [0.1, 0.15) is 11.1 Å². The summed E-state index contributed by atoms with van der Waals surface area (Å²) in [5.41, 5.74) is 3.36. The molecule has 4 heteroatoms. The van der Waals surface area contributed by atoms with Crippen LogP contribution in [0.25, 0.3) is 5.57 Å². The highest BCUT2D eigenvalue weighted by Gasteiger charge is 2.23. The zero-order chi connectivity index (χ0) is 14.1. The first-order chi connectivity index (χ1) is 9.66. The Balaban J connectivity index is 1.94. The first kappa shape index (κ1) is 12.4. The third-order valence-corrected chi connectivity index (χ3v) is 3.35. The van der Waals surface area contributed by atoms with Gasteiger partial charge in [-0.25, -0.2) is 4.39 Å². The van der Waals surface area contributed by atoms with Crippen molar-refractivity contribution in [2.24, 2.45) is 0 Å². The van der Waals surface area contributed by atoms with E-state index in [0.717, 1.165) is 11.3 Å². The van der Waals surface area contributed by atoms with Gasteiger partial charge in [-0.3, -0.25) is 4.79 Å². The Kier molecular flexibility index (Phi) is 2.99. The molecule has 1 aliphatic heterocycles. The molecule has 0 saturated heterocycles. The quantitative estimate of drug-likeness (QED) is 0.818. The zero-order valence-corrected chi connectivity index (χ0v) is 10.9. The lowest BCUT2D eigenvalue weighted by Crippen LogP contribution is -2.05. The number of benzene rings is 2. The van der Waals surface area contributed by atoms with Crippen molar-refractivity contribution in [1.29, 1.82) is 0 Å². The van der Waals surface area contributed by atoms with E-state index < -0.39 is 0 Å². The van der Waals surface area contributed by atoms with Crippen LogP contribution in [-0.2, 0) is 4.79 Å². The van der Waals surface area contributed by atoms with Gasteiger partial charge in [-0.2, -0.15) is 0 Å². The topological polar surface area (TPSA) is 41.1 Å². The van der Waals surface area contributed by atoms with Crippen molar-refractivity contribution in [3.8, 4) is 0 Å². The molecule has 2 aromatic rings. The summed E-state index contributed by atoms with van der Waals surface area (Å²) in [6.07, 6.45) is 1.61. The number of fused-ring (bicyclic) bond motifs is 1. The van der Waals surface area contributed by atoms with Gasteiger partial charge in [0.1, 0.15) is 5.82 Å². The summed E-state index contributed by atoms with van der Waals surface area (Å²) in [6, 6.07) is 12.3. The summed E-state index contributed by atoms with van der Waals surface area (Å²) >= 11 is 0. The van der Waals surface area contributed by atoms with Gasteiger partial charge in [-0.15, -0.1) is 0 Å². The van der Waals surface area contributed by atoms with Crippen LogP contribution in [0.15, 0.2) is 48.7 Å². The van der Waals surface area contributed by atoms with Crippen LogP contribution in [0.4, 0.5) is 15.8 Å². The van der Waals surface area contributed by atoms with Gasteiger partial charge in [-0.1, -0.05) is 24.3 Å². The molecular formula is C16H13FN2O. The van der Waals surface area contributed by atoms with E-state index in [1.165, 1.54) is 6.07 Å². The van der Waals surface area contributed by atoms with E-state index in [1.807, 2.05) is 24.3 Å². The minimum Gasteiger partial charge on any atom is -0.361 e. The number of carbonyl (C=O) groups is 1. The molecule has 20 heavy (non-hydrogen) atoms. The summed E-state index contributed by atoms with van der Waals surface area (Å²) in [4.78, 5) is 11.9. The van der Waals surface area contributed by atoms with E-state index >= 15 is 0 Å². The number of hydrogen-bond donors (Lipinski definition) is 2. The van der Waals surface area contributed by atoms with Crippen LogP contribution in [0.3, 0.4) is 0 Å². The lowest BCUT2D eigenvalue weighted by molar-refractivity contribution is -0.110. The SMILES string of the molecule is Cc1c(F)cccc1NC=C1C(=O)Nc2ccccc21. The van der Waals surface area contributed by atoms with Crippen LogP contribution in [0, 0.1) is 12.7 Å². The van der Waals surface area contributed by atoms with Crippen LogP contribution >= 0.6 is 0 Å². The molecule has 3 nitrogen and oxygen atoms in total. The molecule has 1 heterocycles. The number of anilines is 2. The minimum atomic E-state index is -0.273. The fourth-order valence-electron chi connectivity index (χ4n) is 2.20. The average Bonchev–Trinajstić information content (AvgIpc) is 2.76. The van der Waals surface area contributed by atoms with Gasteiger partial charge in [0, 0.05) is 28.7 Å². The van der Waals surface area contributed by atoms with E-state index in [2.05, 4.69) is 10.6 Å². The molecule has 0 saturated carbocycles.